The van der Waals surface area contributed by atoms with Gasteiger partial charge in [-0.2, -0.15) is 4.98 Å². The molecule has 0 saturated carbocycles. The standard InChI is InChI=1S/C13H22N4O3/c1-9-15-11(20-16-9)7-14-10-5-6-17(8-10)12(18)19-13(2,3)4/h10,14H,5-8H2,1-4H3. The van der Waals surface area contributed by atoms with Crippen LogP contribution in [-0.4, -0.2) is 45.9 Å². The second-order valence-corrected chi connectivity index (χ2v) is 6.03. The van der Waals surface area contributed by atoms with Crippen molar-refractivity contribution in [2.75, 3.05) is 13.1 Å². The van der Waals surface area contributed by atoms with Gasteiger partial charge in [0.2, 0.25) is 5.89 Å². The Morgan fingerprint density at radius 1 is 1.55 bits per heavy atom. The molecule has 0 spiro atoms. The first-order valence-electron chi connectivity index (χ1n) is 6.84. The SMILES string of the molecule is Cc1noc(CNC2CCN(C(=O)OC(C)(C)C)C2)n1. The molecule has 0 aromatic carbocycles. The Bertz CT molecular complexity index is 466. The van der Waals surface area contributed by atoms with Crippen LogP contribution in [0.4, 0.5) is 4.79 Å². The van der Waals surface area contributed by atoms with Crippen molar-refractivity contribution >= 4 is 6.09 Å². The number of hydrogen-bond acceptors (Lipinski definition) is 6. The average Bonchev–Trinajstić information content (AvgIpc) is 2.93. The third kappa shape index (κ3) is 4.19. The summed E-state index contributed by atoms with van der Waals surface area (Å²) in [6.45, 7) is 9.26. The van der Waals surface area contributed by atoms with E-state index in [9.17, 15) is 4.79 Å². The van der Waals surface area contributed by atoms with E-state index in [4.69, 9.17) is 9.26 Å². The Morgan fingerprint density at radius 2 is 2.30 bits per heavy atom. The predicted molar refractivity (Wildman–Crippen MR) is 72.1 cm³/mol. The number of aryl methyl sites for hydroxylation is 1. The third-order valence-corrected chi connectivity index (χ3v) is 2.95. The van der Waals surface area contributed by atoms with Crippen LogP contribution in [0.25, 0.3) is 0 Å². The molecule has 1 atom stereocenters. The summed E-state index contributed by atoms with van der Waals surface area (Å²) in [4.78, 5) is 17.8. The number of amides is 1. The fourth-order valence-electron chi connectivity index (χ4n) is 2.06. The summed E-state index contributed by atoms with van der Waals surface area (Å²) in [5.74, 6) is 1.20. The number of nitrogens with one attached hydrogen (secondary N) is 1. The molecule has 7 heteroatoms. The normalized spacial score (nSPS) is 19.4. The number of ether oxygens (including phenoxy) is 1. The topological polar surface area (TPSA) is 80.5 Å². The third-order valence-electron chi connectivity index (χ3n) is 2.95. The molecule has 112 valence electrons. The van der Waals surface area contributed by atoms with Crippen molar-refractivity contribution in [3.05, 3.63) is 11.7 Å². The van der Waals surface area contributed by atoms with Crippen LogP contribution in [0.1, 0.15) is 38.9 Å². The summed E-state index contributed by atoms with van der Waals surface area (Å²) in [5.41, 5.74) is -0.454. The van der Waals surface area contributed by atoms with E-state index >= 15 is 0 Å². The first-order valence-corrected chi connectivity index (χ1v) is 6.84. The van der Waals surface area contributed by atoms with Gasteiger partial charge < -0.3 is 19.5 Å². The maximum Gasteiger partial charge on any atom is 0.410 e. The molecule has 1 N–H and O–H groups in total. The molecule has 20 heavy (non-hydrogen) atoms. The van der Waals surface area contributed by atoms with Crippen LogP contribution in [0.5, 0.6) is 0 Å². The largest absolute Gasteiger partial charge is 0.444 e. The van der Waals surface area contributed by atoms with E-state index in [0.29, 0.717) is 31.3 Å². The summed E-state index contributed by atoms with van der Waals surface area (Å²) in [5, 5.41) is 7.05. The van der Waals surface area contributed by atoms with Gasteiger partial charge in [-0.05, 0) is 34.1 Å². The van der Waals surface area contributed by atoms with Crippen molar-refractivity contribution in [3.8, 4) is 0 Å². The first kappa shape index (κ1) is 14.8. The Kier molecular flexibility index (Phi) is 4.27. The van der Waals surface area contributed by atoms with E-state index in [-0.39, 0.29) is 12.1 Å². The molecule has 1 aromatic heterocycles. The summed E-state index contributed by atoms with van der Waals surface area (Å²) in [7, 11) is 0. The van der Waals surface area contributed by atoms with Crippen LogP contribution in [0, 0.1) is 6.92 Å². The van der Waals surface area contributed by atoms with Crippen LogP contribution >= 0.6 is 0 Å². The van der Waals surface area contributed by atoms with E-state index in [1.54, 1.807) is 11.8 Å². The molecule has 1 amide bonds. The molecule has 0 bridgehead atoms. The number of nitrogens with zero attached hydrogens (tertiary/aromatic N) is 3. The van der Waals surface area contributed by atoms with Crippen molar-refractivity contribution in [1.82, 2.24) is 20.4 Å². The first-order chi connectivity index (χ1) is 9.33. The number of carbonyl (C=O) groups excluding carboxylic acids is 1. The molecule has 0 aliphatic carbocycles. The van der Waals surface area contributed by atoms with Gasteiger partial charge in [-0.1, -0.05) is 5.16 Å². The molecule has 0 radical (unpaired) electrons. The second-order valence-electron chi connectivity index (χ2n) is 6.03. The van der Waals surface area contributed by atoms with Crippen molar-refractivity contribution in [2.45, 2.75) is 52.3 Å². The highest BCUT2D eigenvalue weighted by molar-refractivity contribution is 5.68. The Morgan fingerprint density at radius 3 is 2.90 bits per heavy atom. The fraction of sp³-hybridized carbons (Fsp3) is 0.769. The van der Waals surface area contributed by atoms with Gasteiger partial charge in [0.05, 0.1) is 6.54 Å². The van der Waals surface area contributed by atoms with Gasteiger partial charge in [0.15, 0.2) is 5.82 Å². The number of rotatable bonds is 3. The van der Waals surface area contributed by atoms with E-state index in [1.807, 2.05) is 20.8 Å². The maximum atomic E-state index is 11.9. The smallest absolute Gasteiger partial charge is 0.410 e. The minimum Gasteiger partial charge on any atom is -0.444 e. The summed E-state index contributed by atoms with van der Waals surface area (Å²) < 4.78 is 10.4. The number of hydrogen-bond donors (Lipinski definition) is 1. The van der Waals surface area contributed by atoms with Crippen molar-refractivity contribution in [2.24, 2.45) is 0 Å². The monoisotopic (exact) mass is 282 g/mol. The zero-order valence-corrected chi connectivity index (χ0v) is 12.5. The lowest BCUT2D eigenvalue weighted by Gasteiger charge is -2.24. The molecular weight excluding hydrogens is 260 g/mol. The van der Waals surface area contributed by atoms with Gasteiger partial charge in [0, 0.05) is 19.1 Å². The molecule has 1 unspecified atom stereocenters. The molecule has 2 rings (SSSR count). The highest BCUT2D eigenvalue weighted by Gasteiger charge is 2.29. The van der Waals surface area contributed by atoms with Crippen LogP contribution in [0.3, 0.4) is 0 Å². The molecule has 1 saturated heterocycles. The van der Waals surface area contributed by atoms with Gasteiger partial charge in [0.25, 0.3) is 0 Å². The molecule has 1 aliphatic heterocycles. The van der Waals surface area contributed by atoms with Gasteiger partial charge in [-0.3, -0.25) is 0 Å². The van der Waals surface area contributed by atoms with Crippen LogP contribution < -0.4 is 5.32 Å². The Labute approximate surface area is 118 Å². The second kappa shape index (κ2) is 5.78. The zero-order chi connectivity index (χ0) is 14.8. The van der Waals surface area contributed by atoms with Crippen molar-refractivity contribution in [3.63, 3.8) is 0 Å². The maximum absolute atomic E-state index is 11.9. The predicted octanol–water partition coefficient (Wildman–Crippen LogP) is 1.48. The van der Waals surface area contributed by atoms with Crippen LogP contribution in [-0.2, 0) is 11.3 Å². The quantitative estimate of drug-likeness (QED) is 0.904. The van der Waals surface area contributed by atoms with Crippen LogP contribution in [0.2, 0.25) is 0 Å². The van der Waals surface area contributed by atoms with E-state index in [2.05, 4.69) is 15.5 Å². The van der Waals surface area contributed by atoms with Gasteiger partial charge in [-0.25, -0.2) is 4.79 Å². The molecule has 2 heterocycles. The van der Waals surface area contributed by atoms with Crippen molar-refractivity contribution in [1.29, 1.82) is 0 Å². The number of aromatic nitrogens is 2. The Hall–Kier alpha value is -1.63. The van der Waals surface area contributed by atoms with Crippen LogP contribution in [0.15, 0.2) is 4.52 Å². The molecule has 1 aromatic rings. The van der Waals surface area contributed by atoms with E-state index < -0.39 is 5.60 Å². The molecule has 1 aliphatic rings. The van der Waals surface area contributed by atoms with Gasteiger partial charge in [0.1, 0.15) is 5.60 Å². The van der Waals surface area contributed by atoms with E-state index in [1.165, 1.54) is 0 Å². The minimum absolute atomic E-state index is 0.231. The lowest BCUT2D eigenvalue weighted by atomic mass is 10.2. The fourth-order valence-corrected chi connectivity index (χ4v) is 2.06. The van der Waals surface area contributed by atoms with Gasteiger partial charge >= 0.3 is 6.09 Å². The summed E-state index contributed by atoms with van der Waals surface area (Å²) in [6.07, 6.45) is 0.641. The number of carbonyl (C=O) groups is 1. The minimum atomic E-state index is -0.454. The number of likely N-dealkylation sites (tertiary alicyclic amines) is 1. The van der Waals surface area contributed by atoms with Crippen molar-refractivity contribution < 1.29 is 14.1 Å². The zero-order valence-electron chi connectivity index (χ0n) is 12.5. The molecule has 7 nitrogen and oxygen atoms in total. The highest BCUT2D eigenvalue weighted by Crippen LogP contribution is 2.15. The molecule has 1 fully saturated rings. The van der Waals surface area contributed by atoms with Gasteiger partial charge in [-0.15, -0.1) is 0 Å². The van der Waals surface area contributed by atoms with E-state index in [0.717, 1.165) is 6.42 Å². The summed E-state index contributed by atoms with van der Waals surface area (Å²) >= 11 is 0. The average molecular weight is 282 g/mol. The highest BCUT2D eigenvalue weighted by atomic mass is 16.6. The molecular formula is C13H22N4O3. The lowest BCUT2D eigenvalue weighted by Crippen LogP contribution is -2.38. The lowest BCUT2D eigenvalue weighted by molar-refractivity contribution is 0.0291. The summed E-state index contributed by atoms with van der Waals surface area (Å²) in [6, 6.07) is 0.231. The Balaban J connectivity index is 1.76.